The Morgan fingerprint density at radius 1 is 1.21 bits per heavy atom. The highest BCUT2D eigenvalue weighted by atomic mass is 79.9. The monoisotopic (exact) mass is 292 g/mol. The van der Waals surface area contributed by atoms with Gasteiger partial charge in [0, 0.05) is 9.86 Å². The summed E-state index contributed by atoms with van der Waals surface area (Å²) in [5.74, 6) is 0. The van der Waals surface area contributed by atoms with Crippen LogP contribution >= 0.6 is 39.1 Å². The van der Waals surface area contributed by atoms with Crippen LogP contribution in [0.25, 0.3) is 11.0 Å². The third-order valence-electron chi connectivity index (χ3n) is 1.75. The van der Waals surface area contributed by atoms with Crippen molar-refractivity contribution >= 4 is 50.1 Å². The summed E-state index contributed by atoms with van der Waals surface area (Å²) in [5, 5.41) is 0.752. The third-order valence-corrected chi connectivity index (χ3v) is 3.08. The predicted octanol–water partition coefficient (Wildman–Crippen LogP) is 3.86. The Kier molecular flexibility index (Phi) is 2.56. The van der Waals surface area contributed by atoms with Crippen molar-refractivity contribution < 1.29 is 4.42 Å². The predicted molar refractivity (Wildman–Crippen MR) is 60.2 cm³/mol. The average molecular weight is 294 g/mol. The molecule has 14 heavy (non-hydrogen) atoms. The average Bonchev–Trinajstić information content (AvgIpc) is 2.16. The number of rotatable bonds is 0. The molecule has 0 aliphatic carbocycles. The van der Waals surface area contributed by atoms with Crippen molar-refractivity contribution in [2.75, 3.05) is 0 Å². The van der Waals surface area contributed by atoms with E-state index in [0.29, 0.717) is 11.0 Å². The van der Waals surface area contributed by atoms with Crippen molar-refractivity contribution in [3.63, 3.8) is 0 Å². The lowest BCUT2D eigenvalue weighted by Gasteiger charge is -2.00. The maximum Gasteiger partial charge on any atom is 0.356 e. The van der Waals surface area contributed by atoms with Crippen molar-refractivity contribution in [3.05, 3.63) is 43.1 Å². The molecular weight excluding hydrogens is 291 g/mol. The first-order valence-electron chi connectivity index (χ1n) is 3.67. The molecule has 2 nitrogen and oxygen atoms in total. The molecule has 1 aromatic heterocycles. The molecule has 0 amide bonds. The highest BCUT2D eigenvalue weighted by molar-refractivity contribution is 9.10. The highest BCUT2D eigenvalue weighted by Gasteiger charge is 2.10. The number of hydrogen-bond donors (Lipinski definition) is 0. The van der Waals surface area contributed by atoms with Gasteiger partial charge in [-0.1, -0.05) is 39.1 Å². The summed E-state index contributed by atoms with van der Waals surface area (Å²) in [7, 11) is 0. The lowest BCUT2D eigenvalue weighted by atomic mass is 10.2. The van der Waals surface area contributed by atoms with Gasteiger partial charge >= 0.3 is 5.63 Å². The second-order valence-electron chi connectivity index (χ2n) is 2.66. The van der Waals surface area contributed by atoms with E-state index >= 15 is 0 Å². The van der Waals surface area contributed by atoms with E-state index in [9.17, 15) is 4.79 Å². The van der Waals surface area contributed by atoms with Gasteiger partial charge in [0.05, 0.1) is 5.02 Å². The van der Waals surface area contributed by atoms with Crippen LogP contribution in [0, 0.1) is 0 Å². The Morgan fingerprint density at radius 3 is 2.64 bits per heavy atom. The van der Waals surface area contributed by atoms with Gasteiger partial charge in [0.1, 0.15) is 10.6 Å². The van der Waals surface area contributed by atoms with Crippen molar-refractivity contribution in [2.45, 2.75) is 0 Å². The largest absolute Gasteiger partial charge is 0.422 e. The molecule has 0 aliphatic rings. The fraction of sp³-hybridized carbons (Fsp3) is 0. The SMILES string of the molecule is O=c1oc2ccc(Br)cc2c(Cl)c1Cl. The number of benzene rings is 1. The van der Waals surface area contributed by atoms with Crippen LogP contribution in [0.1, 0.15) is 0 Å². The van der Waals surface area contributed by atoms with E-state index in [1.165, 1.54) is 0 Å². The van der Waals surface area contributed by atoms with E-state index in [1.54, 1.807) is 18.2 Å². The zero-order valence-corrected chi connectivity index (χ0v) is 9.78. The van der Waals surface area contributed by atoms with Crippen LogP contribution < -0.4 is 5.63 Å². The maximum atomic E-state index is 11.1. The van der Waals surface area contributed by atoms with Crippen molar-refractivity contribution in [1.82, 2.24) is 0 Å². The van der Waals surface area contributed by atoms with Crippen LogP contribution in [-0.4, -0.2) is 0 Å². The van der Waals surface area contributed by atoms with Crippen LogP contribution in [0.4, 0.5) is 0 Å². The topological polar surface area (TPSA) is 30.2 Å². The minimum Gasteiger partial charge on any atom is -0.422 e. The molecule has 2 rings (SSSR count). The Hall–Kier alpha value is -0.510. The van der Waals surface area contributed by atoms with E-state index in [1.807, 2.05) is 0 Å². The van der Waals surface area contributed by atoms with Gasteiger partial charge in [-0.05, 0) is 18.2 Å². The zero-order chi connectivity index (χ0) is 10.3. The number of fused-ring (bicyclic) bond motifs is 1. The second kappa shape index (κ2) is 3.57. The molecule has 0 atom stereocenters. The van der Waals surface area contributed by atoms with Crippen molar-refractivity contribution in [1.29, 1.82) is 0 Å². The van der Waals surface area contributed by atoms with Gasteiger partial charge in [-0.25, -0.2) is 4.79 Å². The summed E-state index contributed by atoms with van der Waals surface area (Å²) < 4.78 is 5.78. The summed E-state index contributed by atoms with van der Waals surface area (Å²) in [6.45, 7) is 0. The standard InChI is InChI=1S/C9H3BrCl2O2/c10-4-1-2-6-5(3-4)7(11)8(12)9(13)14-6/h1-3H. The van der Waals surface area contributed by atoms with E-state index < -0.39 is 5.63 Å². The first kappa shape index (κ1) is 10.0. The van der Waals surface area contributed by atoms with Crippen LogP contribution in [0.15, 0.2) is 31.9 Å². The molecule has 0 unspecified atom stereocenters. The van der Waals surface area contributed by atoms with Gasteiger partial charge in [-0.15, -0.1) is 0 Å². The summed E-state index contributed by atoms with van der Waals surface area (Å²) >= 11 is 14.8. The van der Waals surface area contributed by atoms with Crippen molar-refractivity contribution in [2.24, 2.45) is 0 Å². The van der Waals surface area contributed by atoms with Crippen LogP contribution in [0.2, 0.25) is 10.0 Å². The van der Waals surface area contributed by atoms with Gasteiger partial charge in [0.25, 0.3) is 0 Å². The quantitative estimate of drug-likeness (QED) is 0.691. The molecule has 0 bridgehead atoms. The molecule has 0 radical (unpaired) electrons. The van der Waals surface area contributed by atoms with Gasteiger partial charge < -0.3 is 4.42 Å². The lowest BCUT2D eigenvalue weighted by molar-refractivity contribution is 0.561. The van der Waals surface area contributed by atoms with E-state index in [-0.39, 0.29) is 10.0 Å². The summed E-state index contributed by atoms with van der Waals surface area (Å²) in [4.78, 5) is 11.1. The normalized spacial score (nSPS) is 10.8. The van der Waals surface area contributed by atoms with Gasteiger partial charge in [0.15, 0.2) is 0 Å². The molecule has 1 aromatic carbocycles. The Morgan fingerprint density at radius 2 is 1.93 bits per heavy atom. The number of hydrogen-bond acceptors (Lipinski definition) is 2. The molecule has 5 heteroatoms. The van der Waals surface area contributed by atoms with E-state index in [4.69, 9.17) is 27.6 Å². The molecule has 0 saturated heterocycles. The molecule has 0 spiro atoms. The molecular formula is C9H3BrCl2O2. The summed E-state index contributed by atoms with van der Waals surface area (Å²) in [5.41, 5.74) is -0.195. The molecule has 1 heterocycles. The van der Waals surface area contributed by atoms with Gasteiger partial charge in [0.2, 0.25) is 0 Å². The maximum absolute atomic E-state index is 11.1. The van der Waals surface area contributed by atoms with Crippen LogP contribution in [0.3, 0.4) is 0 Å². The smallest absolute Gasteiger partial charge is 0.356 e. The Bertz CT molecular complexity index is 562. The molecule has 0 aliphatic heterocycles. The molecule has 0 fully saturated rings. The summed E-state index contributed by atoms with van der Waals surface area (Å²) in [6.07, 6.45) is 0. The fourth-order valence-corrected chi connectivity index (χ4v) is 1.84. The molecule has 0 N–H and O–H groups in total. The Balaban J connectivity index is 2.99. The van der Waals surface area contributed by atoms with Gasteiger partial charge in [-0.2, -0.15) is 0 Å². The van der Waals surface area contributed by atoms with Crippen LogP contribution in [-0.2, 0) is 0 Å². The van der Waals surface area contributed by atoms with E-state index in [2.05, 4.69) is 15.9 Å². The molecule has 2 aromatic rings. The second-order valence-corrected chi connectivity index (χ2v) is 4.33. The summed E-state index contributed by atoms with van der Waals surface area (Å²) in [6, 6.07) is 5.16. The first-order chi connectivity index (χ1) is 6.59. The van der Waals surface area contributed by atoms with Crippen LogP contribution in [0.5, 0.6) is 0 Å². The molecule has 0 saturated carbocycles. The van der Waals surface area contributed by atoms with E-state index in [0.717, 1.165) is 4.47 Å². The highest BCUT2D eigenvalue weighted by Crippen LogP contribution is 2.29. The minimum absolute atomic E-state index is 0.0859. The zero-order valence-electron chi connectivity index (χ0n) is 6.68. The fourth-order valence-electron chi connectivity index (χ4n) is 1.12. The lowest BCUT2D eigenvalue weighted by Crippen LogP contribution is -1.99. The minimum atomic E-state index is -0.619. The number of halogens is 3. The van der Waals surface area contributed by atoms with Gasteiger partial charge in [-0.3, -0.25) is 0 Å². The third kappa shape index (κ3) is 1.56. The Labute approximate surface area is 97.6 Å². The molecule has 72 valence electrons. The van der Waals surface area contributed by atoms with Crippen molar-refractivity contribution in [3.8, 4) is 0 Å². The first-order valence-corrected chi connectivity index (χ1v) is 5.22.